The Balaban J connectivity index is 2.51. The molecule has 0 saturated carbocycles. The molecule has 1 aliphatic heterocycles. The Morgan fingerprint density at radius 2 is 1.67 bits per heavy atom. The van der Waals surface area contributed by atoms with Crippen molar-refractivity contribution in [3.8, 4) is 0 Å². The highest BCUT2D eigenvalue weighted by atomic mass is 19.4. The number of amides is 1. The van der Waals surface area contributed by atoms with E-state index in [1.54, 1.807) is 4.90 Å². The summed E-state index contributed by atoms with van der Waals surface area (Å²) in [6.45, 7) is -0.147. The predicted molar refractivity (Wildman–Crippen MR) is 73.9 cm³/mol. The third kappa shape index (κ3) is 8.26. The monoisotopic (exact) mass is 310 g/mol. The Bertz CT molecular complexity index is 303. The van der Waals surface area contributed by atoms with E-state index in [0.717, 1.165) is 30.6 Å². The second kappa shape index (κ2) is 9.25. The van der Waals surface area contributed by atoms with E-state index < -0.39 is 12.7 Å². The number of aliphatic hydroxyl groups excluding tert-OH is 1. The summed E-state index contributed by atoms with van der Waals surface area (Å²) in [4.78, 5) is 14.9. The number of alkyl halides is 3. The summed E-state index contributed by atoms with van der Waals surface area (Å²) in [5, 5.41) is 8.76. The molecule has 0 atom stereocenters. The maximum atomic E-state index is 12.5. The molecular formula is C14H25F3N2O2. The molecule has 1 aliphatic rings. The minimum Gasteiger partial charge on any atom is -0.396 e. The summed E-state index contributed by atoms with van der Waals surface area (Å²) in [5.74, 6) is -0.237. The number of carbonyl (C=O) groups excluding carboxylic acids is 1. The van der Waals surface area contributed by atoms with E-state index in [0.29, 0.717) is 13.1 Å². The van der Waals surface area contributed by atoms with Gasteiger partial charge >= 0.3 is 6.18 Å². The maximum absolute atomic E-state index is 12.5. The number of aliphatic hydroxyl groups is 1. The second-order valence-corrected chi connectivity index (χ2v) is 5.55. The van der Waals surface area contributed by atoms with Gasteiger partial charge in [0.05, 0.1) is 13.1 Å². The van der Waals surface area contributed by atoms with Crippen molar-refractivity contribution in [3.63, 3.8) is 0 Å². The van der Waals surface area contributed by atoms with Crippen LogP contribution in [0.1, 0.15) is 38.5 Å². The molecule has 1 heterocycles. The van der Waals surface area contributed by atoms with E-state index in [4.69, 9.17) is 5.11 Å². The van der Waals surface area contributed by atoms with Crippen molar-refractivity contribution >= 4 is 5.91 Å². The van der Waals surface area contributed by atoms with Crippen molar-refractivity contribution in [1.29, 1.82) is 0 Å². The topological polar surface area (TPSA) is 43.8 Å². The fourth-order valence-corrected chi connectivity index (χ4v) is 2.55. The molecule has 0 aromatic carbocycles. The minimum absolute atomic E-state index is 0.0790. The quantitative estimate of drug-likeness (QED) is 0.816. The van der Waals surface area contributed by atoms with Gasteiger partial charge in [0.1, 0.15) is 0 Å². The number of nitrogens with zero attached hydrogens (tertiary/aromatic N) is 2. The fraction of sp³-hybridized carbons (Fsp3) is 0.929. The lowest BCUT2D eigenvalue weighted by Crippen LogP contribution is -2.45. The Morgan fingerprint density at radius 3 is 2.19 bits per heavy atom. The molecule has 0 unspecified atom stereocenters. The standard InChI is InChI=1S/C14H25F3N2O2/c15-14(16,17)12-18(7-6-10-20)11-13(21)19-8-4-2-1-3-5-9-19/h20H,1-12H2. The number of rotatable bonds is 6. The van der Waals surface area contributed by atoms with Crippen LogP contribution in [0.15, 0.2) is 0 Å². The lowest BCUT2D eigenvalue weighted by atomic mass is 10.1. The molecule has 21 heavy (non-hydrogen) atoms. The molecule has 7 heteroatoms. The Labute approximate surface area is 123 Å². The van der Waals surface area contributed by atoms with Gasteiger partial charge in [0.25, 0.3) is 0 Å². The van der Waals surface area contributed by atoms with Gasteiger partial charge in [-0.1, -0.05) is 19.3 Å². The number of hydrogen-bond acceptors (Lipinski definition) is 3. The highest BCUT2D eigenvalue weighted by Crippen LogP contribution is 2.17. The number of likely N-dealkylation sites (tertiary alicyclic amines) is 1. The maximum Gasteiger partial charge on any atom is 0.401 e. The summed E-state index contributed by atoms with van der Waals surface area (Å²) >= 11 is 0. The highest BCUT2D eigenvalue weighted by molar-refractivity contribution is 5.78. The van der Waals surface area contributed by atoms with Gasteiger partial charge in [0, 0.05) is 26.2 Å². The molecule has 0 spiro atoms. The zero-order valence-electron chi connectivity index (χ0n) is 12.4. The van der Waals surface area contributed by atoms with Crippen molar-refractivity contribution in [3.05, 3.63) is 0 Å². The number of carbonyl (C=O) groups is 1. The van der Waals surface area contributed by atoms with E-state index >= 15 is 0 Å². The van der Waals surface area contributed by atoms with Crippen LogP contribution in [0.4, 0.5) is 13.2 Å². The lowest BCUT2D eigenvalue weighted by molar-refractivity contribution is -0.152. The van der Waals surface area contributed by atoms with Crippen LogP contribution in [0.3, 0.4) is 0 Å². The summed E-state index contributed by atoms with van der Waals surface area (Å²) in [5.41, 5.74) is 0. The van der Waals surface area contributed by atoms with Crippen LogP contribution in [0, 0.1) is 0 Å². The Morgan fingerprint density at radius 1 is 1.10 bits per heavy atom. The van der Waals surface area contributed by atoms with E-state index in [1.807, 2.05) is 0 Å². The van der Waals surface area contributed by atoms with Crippen molar-refractivity contribution in [2.24, 2.45) is 0 Å². The van der Waals surface area contributed by atoms with Crippen LogP contribution in [0.25, 0.3) is 0 Å². The molecule has 1 fully saturated rings. The molecule has 1 N–H and O–H groups in total. The molecule has 0 bridgehead atoms. The van der Waals surface area contributed by atoms with Gasteiger partial charge in [0.15, 0.2) is 0 Å². The molecule has 124 valence electrons. The zero-order chi connectivity index (χ0) is 15.7. The van der Waals surface area contributed by atoms with Crippen molar-refractivity contribution < 1.29 is 23.1 Å². The van der Waals surface area contributed by atoms with Crippen LogP contribution in [-0.4, -0.2) is 66.3 Å². The Kier molecular flexibility index (Phi) is 8.03. The largest absolute Gasteiger partial charge is 0.401 e. The third-order valence-corrected chi connectivity index (χ3v) is 3.60. The second-order valence-electron chi connectivity index (χ2n) is 5.55. The van der Waals surface area contributed by atoms with Crippen LogP contribution in [0.5, 0.6) is 0 Å². The summed E-state index contributed by atoms with van der Waals surface area (Å²) in [7, 11) is 0. The normalized spacial score (nSPS) is 17.7. The van der Waals surface area contributed by atoms with Gasteiger partial charge in [-0.25, -0.2) is 0 Å². The smallest absolute Gasteiger partial charge is 0.396 e. The molecule has 1 amide bonds. The van der Waals surface area contributed by atoms with E-state index in [1.165, 1.54) is 6.42 Å². The van der Waals surface area contributed by atoms with E-state index in [2.05, 4.69) is 0 Å². The first-order valence-corrected chi connectivity index (χ1v) is 7.60. The molecule has 0 aliphatic carbocycles. The molecular weight excluding hydrogens is 285 g/mol. The summed E-state index contributed by atoms with van der Waals surface area (Å²) < 4.78 is 37.5. The SMILES string of the molecule is O=C(CN(CCCO)CC(F)(F)F)N1CCCCCCC1. The summed E-state index contributed by atoms with van der Waals surface area (Å²) in [6.07, 6.45) is 1.05. The number of hydrogen-bond donors (Lipinski definition) is 1. The molecule has 0 aromatic heterocycles. The minimum atomic E-state index is -4.33. The third-order valence-electron chi connectivity index (χ3n) is 3.60. The van der Waals surface area contributed by atoms with Gasteiger partial charge in [0.2, 0.25) is 5.91 Å². The van der Waals surface area contributed by atoms with Gasteiger partial charge in [-0.3, -0.25) is 9.69 Å². The highest BCUT2D eigenvalue weighted by Gasteiger charge is 2.31. The molecule has 1 rings (SSSR count). The average molecular weight is 310 g/mol. The van der Waals surface area contributed by atoms with E-state index in [-0.39, 0.29) is 32.0 Å². The molecule has 0 radical (unpaired) electrons. The molecule has 1 saturated heterocycles. The van der Waals surface area contributed by atoms with Gasteiger partial charge < -0.3 is 10.0 Å². The first-order chi connectivity index (χ1) is 9.92. The lowest BCUT2D eigenvalue weighted by Gasteiger charge is -2.29. The van der Waals surface area contributed by atoms with Crippen molar-refractivity contribution in [1.82, 2.24) is 9.80 Å². The molecule has 4 nitrogen and oxygen atoms in total. The van der Waals surface area contributed by atoms with Crippen LogP contribution < -0.4 is 0 Å². The molecule has 0 aromatic rings. The van der Waals surface area contributed by atoms with E-state index in [9.17, 15) is 18.0 Å². The zero-order valence-corrected chi connectivity index (χ0v) is 12.4. The summed E-state index contributed by atoms with van der Waals surface area (Å²) in [6, 6.07) is 0. The van der Waals surface area contributed by atoms with Gasteiger partial charge in [-0.05, 0) is 19.3 Å². The predicted octanol–water partition coefficient (Wildman–Crippen LogP) is 2.03. The van der Waals surface area contributed by atoms with Crippen LogP contribution in [-0.2, 0) is 4.79 Å². The first-order valence-electron chi connectivity index (χ1n) is 7.60. The fourth-order valence-electron chi connectivity index (χ4n) is 2.55. The van der Waals surface area contributed by atoms with Crippen molar-refractivity contribution in [2.45, 2.75) is 44.7 Å². The van der Waals surface area contributed by atoms with Crippen molar-refractivity contribution in [2.75, 3.05) is 39.3 Å². The first kappa shape index (κ1) is 18.2. The average Bonchev–Trinajstić information content (AvgIpc) is 2.33. The number of halogens is 3. The van der Waals surface area contributed by atoms with Gasteiger partial charge in [-0.15, -0.1) is 0 Å². The Hall–Kier alpha value is -0.820. The van der Waals surface area contributed by atoms with Crippen LogP contribution >= 0.6 is 0 Å². The van der Waals surface area contributed by atoms with Crippen LogP contribution in [0.2, 0.25) is 0 Å². The van der Waals surface area contributed by atoms with Gasteiger partial charge in [-0.2, -0.15) is 13.2 Å².